The Bertz CT molecular complexity index is 767. The van der Waals surface area contributed by atoms with Gasteiger partial charge in [0.2, 0.25) is 5.91 Å². The number of nitrogens with one attached hydrogen (secondary N) is 1. The zero-order valence-electron chi connectivity index (χ0n) is 14.5. The van der Waals surface area contributed by atoms with Crippen molar-refractivity contribution in [1.82, 2.24) is 5.32 Å². The monoisotopic (exact) mass is 338 g/mol. The van der Waals surface area contributed by atoms with Crippen molar-refractivity contribution in [2.75, 3.05) is 32.2 Å². The molecule has 0 bridgehead atoms. The molecule has 0 aromatic heterocycles. The minimum Gasteiger partial charge on any atom is -0.486 e. The molecule has 1 amide bonds. The maximum atomic E-state index is 12.0. The van der Waals surface area contributed by atoms with Crippen molar-refractivity contribution in [2.24, 2.45) is 0 Å². The van der Waals surface area contributed by atoms with Gasteiger partial charge in [0.05, 0.1) is 0 Å². The molecule has 25 heavy (non-hydrogen) atoms. The molecule has 1 heterocycles. The Balaban J connectivity index is 1.54. The van der Waals surface area contributed by atoms with E-state index in [0.717, 1.165) is 28.3 Å². The van der Waals surface area contributed by atoms with E-state index in [2.05, 4.69) is 5.32 Å². The first kappa shape index (κ1) is 16.9. The summed E-state index contributed by atoms with van der Waals surface area (Å²) in [5.74, 6) is 1.33. The largest absolute Gasteiger partial charge is 0.486 e. The molecule has 1 aliphatic heterocycles. The SMILES string of the molecule is CN(C)c1ccc(CNC(=O)/C=C/c2ccc3c(c2)OCCO3)cc1. The van der Waals surface area contributed by atoms with Crippen LogP contribution in [0.5, 0.6) is 11.5 Å². The van der Waals surface area contributed by atoms with E-state index in [1.807, 2.05) is 61.5 Å². The van der Waals surface area contributed by atoms with Gasteiger partial charge in [0.25, 0.3) is 0 Å². The van der Waals surface area contributed by atoms with E-state index in [0.29, 0.717) is 19.8 Å². The highest BCUT2D eigenvalue weighted by Crippen LogP contribution is 2.31. The summed E-state index contributed by atoms with van der Waals surface area (Å²) >= 11 is 0. The number of benzene rings is 2. The molecule has 0 atom stereocenters. The van der Waals surface area contributed by atoms with E-state index in [1.165, 1.54) is 6.08 Å². The molecule has 3 rings (SSSR count). The van der Waals surface area contributed by atoms with E-state index < -0.39 is 0 Å². The van der Waals surface area contributed by atoms with E-state index >= 15 is 0 Å². The number of amides is 1. The maximum absolute atomic E-state index is 12.0. The summed E-state index contributed by atoms with van der Waals surface area (Å²) in [4.78, 5) is 14.0. The second kappa shape index (κ2) is 7.75. The Kier molecular flexibility index (Phi) is 5.23. The predicted octanol–water partition coefficient (Wildman–Crippen LogP) is 2.85. The predicted molar refractivity (Wildman–Crippen MR) is 99.1 cm³/mol. The molecular formula is C20H22N2O3. The van der Waals surface area contributed by atoms with Crippen molar-refractivity contribution in [3.8, 4) is 11.5 Å². The van der Waals surface area contributed by atoms with Gasteiger partial charge in [-0.1, -0.05) is 18.2 Å². The number of rotatable bonds is 5. The third-order valence-corrected chi connectivity index (χ3v) is 3.91. The number of carbonyl (C=O) groups excluding carboxylic acids is 1. The van der Waals surface area contributed by atoms with Gasteiger partial charge in [-0.25, -0.2) is 0 Å². The average Bonchev–Trinajstić information content (AvgIpc) is 2.65. The smallest absolute Gasteiger partial charge is 0.244 e. The fourth-order valence-electron chi connectivity index (χ4n) is 2.50. The van der Waals surface area contributed by atoms with Gasteiger partial charge in [0.15, 0.2) is 11.5 Å². The van der Waals surface area contributed by atoms with Crippen molar-refractivity contribution < 1.29 is 14.3 Å². The quantitative estimate of drug-likeness (QED) is 0.852. The molecule has 5 heteroatoms. The van der Waals surface area contributed by atoms with Gasteiger partial charge in [-0.15, -0.1) is 0 Å². The first-order valence-electron chi connectivity index (χ1n) is 8.23. The lowest BCUT2D eigenvalue weighted by Crippen LogP contribution is -2.20. The zero-order valence-corrected chi connectivity index (χ0v) is 14.5. The van der Waals surface area contributed by atoms with Crippen LogP contribution in [0.3, 0.4) is 0 Å². The van der Waals surface area contributed by atoms with Crippen molar-refractivity contribution in [2.45, 2.75) is 6.54 Å². The lowest BCUT2D eigenvalue weighted by Gasteiger charge is -2.18. The molecule has 130 valence electrons. The number of carbonyl (C=O) groups is 1. The molecular weight excluding hydrogens is 316 g/mol. The van der Waals surface area contributed by atoms with Crippen LogP contribution in [0.4, 0.5) is 5.69 Å². The highest BCUT2D eigenvalue weighted by atomic mass is 16.6. The second-order valence-corrected chi connectivity index (χ2v) is 6.02. The molecule has 0 spiro atoms. The third-order valence-electron chi connectivity index (χ3n) is 3.91. The molecule has 0 aliphatic carbocycles. The van der Waals surface area contributed by atoms with Gasteiger partial charge in [-0.2, -0.15) is 0 Å². The third kappa shape index (κ3) is 4.53. The molecule has 2 aromatic carbocycles. The number of hydrogen-bond acceptors (Lipinski definition) is 4. The van der Waals surface area contributed by atoms with Gasteiger partial charge in [-0.05, 0) is 41.5 Å². The number of nitrogens with zero attached hydrogens (tertiary/aromatic N) is 1. The molecule has 5 nitrogen and oxygen atoms in total. The van der Waals surface area contributed by atoms with Crippen LogP contribution in [-0.2, 0) is 11.3 Å². The van der Waals surface area contributed by atoms with Crippen LogP contribution in [0.15, 0.2) is 48.5 Å². The molecule has 0 saturated heterocycles. The molecule has 1 aliphatic rings. The van der Waals surface area contributed by atoms with E-state index in [-0.39, 0.29) is 5.91 Å². The van der Waals surface area contributed by atoms with Crippen LogP contribution in [-0.4, -0.2) is 33.2 Å². The minimum absolute atomic E-state index is 0.133. The van der Waals surface area contributed by atoms with Crippen LogP contribution in [0, 0.1) is 0 Å². The van der Waals surface area contributed by atoms with Crippen LogP contribution >= 0.6 is 0 Å². The summed E-state index contributed by atoms with van der Waals surface area (Å²) in [6, 6.07) is 13.7. The van der Waals surface area contributed by atoms with E-state index in [9.17, 15) is 4.79 Å². The van der Waals surface area contributed by atoms with Crippen molar-refractivity contribution in [1.29, 1.82) is 0 Å². The Hall–Kier alpha value is -2.95. The molecule has 0 radical (unpaired) electrons. The minimum atomic E-state index is -0.133. The fourth-order valence-corrected chi connectivity index (χ4v) is 2.50. The number of hydrogen-bond donors (Lipinski definition) is 1. The average molecular weight is 338 g/mol. The topological polar surface area (TPSA) is 50.8 Å². The molecule has 0 unspecified atom stereocenters. The Labute approximate surface area is 147 Å². The van der Waals surface area contributed by atoms with E-state index in [1.54, 1.807) is 6.08 Å². The zero-order chi connectivity index (χ0) is 17.6. The van der Waals surface area contributed by atoms with Gasteiger partial charge in [0.1, 0.15) is 13.2 Å². The number of anilines is 1. The second-order valence-electron chi connectivity index (χ2n) is 6.02. The van der Waals surface area contributed by atoms with Crippen molar-refractivity contribution in [3.63, 3.8) is 0 Å². The Morgan fingerprint density at radius 3 is 2.52 bits per heavy atom. The van der Waals surface area contributed by atoms with Crippen molar-refractivity contribution >= 4 is 17.7 Å². The van der Waals surface area contributed by atoms with E-state index in [4.69, 9.17) is 9.47 Å². The van der Waals surface area contributed by atoms with Crippen LogP contribution in [0.25, 0.3) is 6.08 Å². The van der Waals surface area contributed by atoms with Crippen molar-refractivity contribution in [3.05, 3.63) is 59.7 Å². The lowest BCUT2D eigenvalue weighted by molar-refractivity contribution is -0.116. The summed E-state index contributed by atoms with van der Waals surface area (Å²) < 4.78 is 11.0. The van der Waals surface area contributed by atoms with Crippen LogP contribution < -0.4 is 19.7 Å². The van der Waals surface area contributed by atoms with Crippen LogP contribution in [0.1, 0.15) is 11.1 Å². The number of fused-ring (bicyclic) bond motifs is 1. The fraction of sp³-hybridized carbons (Fsp3) is 0.250. The molecule has 2 aromatic rings. The van der Waals surface area contributed by atoms with Gasteiger partial charge in [0, 0.05) is 32.4 Å². The van der Waals surface area contributed by atoms with Gasteiger partial charge < -0.3 is 19.7 Å². The summed E-state index contributed by atoms with van der Waals surface area (Å²) in [5, 5.41) is 2.88. The highest BCUT2D eigenvalue weighted by Gasteiger charge is 2.10. The van der Waals surface area contributed by atoms with Gasteiger partial charge in [-0.3, -0.25) is 4.79 Å². The first-order valence-corrected chi connectivity index (χ1v) is 8.23. The lowest BCUT2D eigenvalue weighted by atomic mass is 10.1. The summed E-state index contributed by atoms with van der Waals surface area (Å²) in [6.45, 7) is 1.62. The summed E-state index contributed by atoms with van der Waals surface area (Å²) in [6.07, 6.45) is 3.29. The highest BCUT2D eigenvalue weighted by molar-refractivity contribution is 5.91. The first-order chi connectivity index (χ1) is 12.1. The summed E-state index contributed by atoms with van der Waals surface area (Å²) in [7, 11) is 4.00. The van der Waals surface area contributed by atoms with Crippen LogP contribution in [0.2, 0.25) is 0 Å². The maximum Gasteiger partial charge on any atom is 0.244 e. The molecule has 0 saturated carbocycles. The number of ether oxygens (including phenoxy) is 2. The van der Waals surface area contributed by atoms with Gasteiger partial charge >= 0.3 is 0 Å². The Morgan fingerprint density at radius 1 is 1.08 bits per heavy atom. The molecule has 1 N–H and O–H groups in total. The normalized spacial score (nSPS) is 12.9. The standard InChI is InChI=1S/C20H22N2O3/c1-22(2)17-7-3-16(4-8-17)14-21-20(23)10-6-15-5-9-18-19(13-15)25-12-11-24-18/h3-10,13H,11-12,14H2,1-2H3,(H,21,23)/b10-6+. The summed E-state index contributed by atoms with van der Waals surface area (Å²) in [5.41, 5.74) is 3.09. The Morgan fingerprint density at radius 2 is 1.80 bits per heavy atom. The molecule has 0 fully saturated rings.